The van der Waals surface area contributed by atoms with Crippen molar-refractivity contribution in [1.82, 2.24) is 9.55 Å². The number of aromatic nitrogens is 2. The van der Waals surface area contributed by atoms with Gasteiger partial charge >= 0.3 is 5.97 Å². The number of fused-ring (bicyclic) bond motifs is 4. The maximum absolute atomic E-state index is 13.1. The van der Waals surface area contributed by atoms with Crippen LogP contribution in [0.2, 0.25) is 0 Å². The van der Waals surface area contributed by atoms with Gasteiger partial charge in [-0.3, -0.25) is 14.2 Å². The largest absolute Gasteiger partial charge is 0.493 e. The molecule has 5 rings (SSSR count). The van der Waals surface area contributed by atoms with Crippen molar-refractivity contribution in [3.05, 3.63) is 63.3 Å². The molecule has 1 saturated carbocycles. The van der Waals surface area contributed by atoms with Gasteiger partial charge in [-0.05, 0) is 50.0 Å². The maximum atomic E-state index is 13.1. The molecule has 1 aromatic heterocycles. The summed E-state index contributed by atoms with van der Waals surface area (Å²) in [6.45, 7) is 2.53. The highest BCUT2D eigenvalue weighted by molar-refractivity contribution is 5.86. The topological polar surface area (TPSA) is 81.4 Å². The third kappa shape index (κ3) is 2.30. The van der Waals surface area contributed by atoms with Crippen molar-refractivity contribution in [3.63, 3.8) is 0 Å². The van der Waals surface area contributed by atoms with Crippen LogP contribution < -0.4 is 10.3 Å². The summed E-state index contributed by atoms with van der Waals surface area (Å²) in [6.07, 6.45) is 7.24. The van der Waals surface area contributed by atoms with Crippen molar-refractivity contribution in [2.24, 2.45) is 5.41 Å². The van der Waals surface area contributed by atoms with E-state index in [-0.39, 0.29) is 11.6 Å². The van der Waals surface area contributed by atoms with E-state index in [1.165, 1.54) is 0 Å². The monoisotopic (exact) mass is 376 g/mol. The fourth-order valence-electron chi connectivity index (χ4n) is 4.38. The zero-order valence-corrected chi connectivity index (χ0v) is 15.5. The number of benzene rings is 1. The van der Waals surface area contributed by atoms with Crippen molar-refractivity contribution in [2.45, 2.75) is 32.2 Å². The van der Waals surface area contributed by atoms with Crippen LogP contribution in [0.1, 0.15) is 48.5 Å². The Balaban J connectivity index is 1.60. The fourth-order valence-corrected chi connectivity index (χ4v) is 4.38. The van der Waals surface area contributed by atoms with Crippen LogP contribution in [0.25, 0.3) is 17.7 Å². The smallest absolute Gasteiger partial charge is 0.315 e. The molecule has 3 aliphatic rings. The number of carboxylic acids is 1. The summed E-state index contributed by atoms with van der Waals surface area (Å²) in [6, 6.07) is 7.50. The van der Waals surface area contributed by atoms with E-state index in [0.717, 1.165) is 29.0 Å². The van der Waals surface area contributed by atoms with Gasteiger partial charge in [0, 0.05) is 11.1 Å². The Hall–Kier alpha value is -3.15. The van der Waals surface area contributed by atoms with E-state index in [2.05, 4.69) is 0 Å². The summed E-state index contributed by atoms with van der Waals surface area (Å²) in [5.41, 5.74) is 2.37. The van der Waals surface area contributed by atoms with Gasteiger partial charge in [0.2, 0.25) is 0 Å². The predicted octanol–water partition coefficient (Wildman–Crippen LogP) is 3.17. The molecule has 2 aromatic rings. The molecule has 2 atom stereocenters. The molecule has 142 valence electrons. The van der Waals surface area contributed by atoms with Gasteiger partial charge in [-0.25, -0.2) is 4.98 Å². The van der Waals surface area contributed by atoms with Gasteiger partial charge < -0.3 is 9.84 Å². The lowest BCUT2D eigenvalue weighted by Gasteiger charge is -2.18. The van der Waals surface area contributed by atoms with Crippen LogP contribution in [0.3, 0.4) is 0 Å². The minimum atomic E-state index is -0.930. The summed E-state index contributed by atoms with van der Waals surface area (Å²) in [5, 5.41) is 9.52. The molecule has 0 amide bonds. The second-order valence-corrected chi connectivity index (χ2v) is 7.51. The number of carboxylic acid groups (broad SMARTS) is 1. The Bertz CT molecular complexity index is 1130. The number of carbonyl (C=O) groups is 1. The minimum absolute atomic E-state index is 0.0982. The highest BCUT2D eigenvalue weighted by Gasteiger charge is 2.62. The number of ether oxygens (including phenoxy) is 1. The highest BCUT2D eigenvalue weighted by atomic mass is 16.5. The zero-order valence-electron chi connectivity index (χ0n) is 15.5. The molecule has 1 fully saturated rings. The molecule has 1 aromatic carbocycles. The second-order valence-electron chi connectivity index (χ2n) is 7.51. The molecule has 0 radical (unpaired) electrons. The number of para-hydroxylation sites is 1. The second kappa shape index (κ2) is 5.92. The van der Waals surface area contributed by atoms with Crippen LogP contribution in [0.5, 0.6) is 5.75 Å². The average Bonchev–Trinajstić information content (AvgIpc) is 3.32. The van der Waals surface area contributed by atoms with E-state index in [4.69, 9.17) is 9.72 Å². The Morgan fingerprint density at radius 3 is 3.00 bits per heavy atom. The van der Waals surface area contributed by atoms with Gasteiger partial charge in [0.15, 0.2) is 0 Å². The first-order chi connectivity index (χ1) is 13.5. The third-order valence-corrected chi connectivity index (χ3v) is 5.94. The van der Waals surface area contributed by atoms with Gasteiger partial charge in [-0.15, -0.1) is 0 Å². The normalized spacial score (nSPS) is 25.2. The van der Waals surface area contributed by atoms with Crippen LogP contribution in [0.4, 0.5) is 0 Å². The van der Waals surface area contributed by atoms with Crippen LogP contribution >= 0.6 is 0 Å². The van der Waals surface area contributed by atoms with E-state index >= 15 is 0 Å². The van der Waals surface area contributed by atoms with Crippen molar-refractivity contribution >= 4 is 23.7 Å². The van der Waals surface area contributed by atoms with Crippen molar-refractivity contribution in [1.29, 1.82) is 0 Å². The molecule has 0 bridgehead atoms. The van der Waals surface area contributed by atoms with Gasteiger partial charge in [-0.1, -0.05) is 24.3 Å². The van der Waals surface area contributed by atoms with Crippen LogP contribution in [-0.2, 0) is 11.2 Å². The average molecular weight is 376 g/mol. The number of allylic oxidation sites excluding steroid dienone is 1. The van der Waals surface area contributed by atoms with E-state index < -0.39 is 11.4 Å². The third-order valence-electron chi connectivity index (χ3n) is 5.94. The lowest BCUT2D eigenvalue weighted by atomic mass is 10.0. The van der Waals surface area contributed by atoms with Gasteiger partial charge in [0.25, 0.3) is 5.56 Å². The number of aliphatic carboxylic acids is 1. The first-order valence-electron chi connectivity index (χ1n) is 9.56. The highest BCUT2D eigenvalue weighted by Crippen LogP contribution is 2.59. The SMILES string of the molecule is CCOc1ccccc1/C=C1\CCc2c1nc1n(c2=O)C2CC2(C(=O)O)C=C1. The molecule has 2 heterocycles. The number of rotatable bonds is 4. The van der Waals surface area contributed by atoms with Crippen molar-refractivity contribution < 1.29 is 14.6 Å². The lowest BCUT2D eigenvalue weighted by molar-refractivity contribution is -0.141. The van der Waals surface area contributed by atoms with Gasteiger partial charge in [-0.2, -0.15) is 0 Å². The molecule has 0 saturated heterocycles. The van der Waals surface area contributed by atoms with Gasteiger partial charge in [0.05, 0.1) is 18.3 Å². The van der Waals surface area contributed by atoms with E-state index in [1.807, 2.05) is 37.3 Å². The summed E-state index contributed by atoms with van der Waals surface area (Å²) >= 11 is 0. The van der Waals surface area contributed by atoms with Crippen LogP contribution in [-0.4, -0.2) is 27.2 Å². The molecular weight excluding hydrogens is 356 g/mol. The summed E-state index contributed by atoms with van der Waals surface area (Å²) in [7, 11) is 0. The minimum Gasteiger partial charge on any atom is -0.493 e. The Morgan fingerprint density at radius 1 is 1.39 bits per heavy atom. The molecule has 6 heteroatoms. The van der Waals surface area contributed by atoms with Crippen LogP contribution in [0.15, 0.2) is 35.1 Å². The quantitative estimate of drug-likeness (QED) is 0.886. The molecule has 1 aliphatic heterocycles. The van der Waals surface area contributed by atoms with E-state index in [0.29, 0.717) is 30.8 Å². The standard InChI is InChI=1S/C22H20N2O4/c1-2-28-16-6-4-3-5-13(16)11-14-7-8-15-19(14)23-18-9-10-22(21(26)27)12-17(22)24(18)20(15)25/h3-6,9-11,17H,2,7-8,12H2,1H3,(H,26,27)/b14-11+. The zero-order chi connectivity index (χ0) is 19.5. The molecule has 2 unspecified atom stereocenters. The summed E-state index contributed by atoms with van der Waals surface area (Å²) in [4.78, 5) is 29.5. The van der Waals surface area contributed by atoms with Crippen molar-refractivity contribution in [3.8, 4) is 5.75 Å². The number of hydrogen-bond acceptors (Lipinski definition) is 4. The molecule has 1 N–H and O–H groups in total. The Morgan fingerprint density at radius 2 is 2.21 bits per heavy atom. The first kappa shape index (κ1) is 17.0. The molecular formula is C22H20N2O4. The lowest BCUT2D eigenvalue weighted by Crippen LogP contribution is -2.31. The number of hydrogen-bond donors (Lipinski definition) is 1. The molecule has 6 nitrogen and oxygen atoms in total. The van der Waals surface area contributed by atoms with E-state index in [1.54, 1.807) is 16.7 Å². The molecule has 2 aliphatic carbocycles. The summed E-state index contributed by atoms with van der Waals surface area (Å²) in [5.74, 6) is 0.485. The first-order valence-corrected chi connectivity index (χ1v) is 9.56. The van der Waals surface area contributed by atoms with Gasteiger partial charge in [0.1, 0.15) is 17.0 Å². The fraction of sp³-hybridized carbons (Fsp3) is 0.318. The Labute approximate surface area is 161 Å². The van der Waals surface area contributed by atoms with Crippen LogP contribution in [0, 0.1) is 5.41 Å². The predicted molar refractivity (Wildman–Crippen MR) is 105 cm³/mol. The Kier molecular flexibility index (Phi) is 3.59. The molecule has 0 spiro atoms. The summed E-state index contributed by atoms with van der Waals surface area (Å²) < 4.78 is 7.29. The van der Waals surface area contributed by atoms with Crippen molar-refractivity contribution in [2.75, 3.05) is 6.61 Å². The maximum Gasteiger partial charge on any atom is 0.315 e. The number of nitrogens with zero attached hydrogens (tertiary/aromatic N) is 2. The van der Waals surface area contributed by atoms with E-state index in [9.17, 15) is 14.7 Å². The molecule has 28 heavy (non-hydrogen) atoms.